The second-order valence-electron chi connectivity index (χ2n) is 7.42. The molecule has 2 aromatic carbocycles. The van der Waals surface area contributed by atoms with E-state index >= 15 is 0 Å². The van der Waals surface area contributed by atoms with Crippen molar-refractivity contribution in [3.8, 4) is 5.75 Å². The molecule has 0 heterocycles. The molecule has 0 aromatic heterocycles. The first kappa shape index (κ1) is 21.3. The molecule has 0 aliphatic heterocycles. The van der Waals surface area contributed by atoms with Gasteiger partial charge in [0.05, 0.1) is 4.90 Å². The van der Waals surface area contributed by atoms with Gasteiger partial charge in [0.2, 0.25) is 10.0 Å². The van der Waals surface area contributed by atoms with Crippen molar-refractivity contribution >= 4 is 15.9 Å². The first-order valence-corrected chi connectivity index (χ1v) is 11.5. The molecule has 0 radical (unpaired) electrons. The van der Waals surface area contributed by atoms with Crippen molar-refractivity contribution in [3.63, 3.8) is 0 Å². The number of benzene rings is 2. The Kier molecular flexibility index (Phi) is 7.28. The largest absolute Gasteiger partial charge is 0.484 e. The summed E-state index contributed by atoms with van der Waals surface area (Å²) in [5.74, 6) is 0.311. The summed E-state index contributed by atoms with van der Waals surface area (Å²) in [7, 11) is -3.66. The fraction of sp³-hybridized carbons (Fsp3) is 0.409. The highest BCUT2D eigenvalue weighted by molar-refractivity contribution is 7.89. The van der Waals surface area contributed by atoms with Crippen molar-refractivity contribution in [3.05, 3.63) is 60.2 Å². The third-order valence-electron chi connectivity index (χ3n) is 5.11. The Morgan fingerprint density at radius 1 is 1.03 bits per heavy atom. The Morgan fingerprint density at radius 2 is 1.69 bits per heavy atom. The van der Waals surface area contributed by atoms with E-state index in [-0.39, 0.29) is 29.5 Å². The van der Waals surface area contributed by atoms with Crippen LogP contribution in [0, 0.1) is 0 Å². The molecule has 0 spiro atoms. The third-order valence-corrected chi connectivity index (χ3v) is 6.66. The van der Waals surface area contributed by atoms with Crippen molar-refractivity contribution in [1.29, 1.82) is 0 Å². The van der Waals surface area contributed by atoms with Gasteiger partial charge in [-0.15, -0.1) is 0 Å². The summed E-state index contributed by atoms with van der Waals surface area (Å²) in [5.41, 5.74) is 0.889. The number of hydrogen-bond donors (Lipinski definition) is 2. The summed E-state index contributed by atoms with van der Waals surface area (Å²) in [6.45, 7) is 1.72. The van der Waals surface area contributed by atoms with Gasteiger partial charge in [0.25, 0.3) is 5.91 Å². The molecule has 1 atom stereocenters. The summed E-state index contributed by atoms with van der Waals surface area (Å²) >= 11 is 0. The molecule has 0 unspecified atom stereocenters. The lowest BCUT2D eigenvalue weighted by Gasteiger charge is -2.22. The van der Waals surface area contributed by atoms with Gasteiger partial charge in [-0.3, -0.25) is 4.79 Å². The Morgan fingerprint density at radius 3 is 2.34 bits per heavy atom. The lowest BCUT2D eigenvalue weighted by atomic mass is 9.95. The summed E-state index contributed by atoms with van der Waals surface area (Å²) in [6.07, 6.45) is 5.58. The molecule has 6 nitrogen and oxygen atoms in total. The van der Waals surface area contributed by atoms with Crippen molar-refractivity contribution < 1.29 is 17.9 Å². The number of amides is 1. The number of carbonyl (C=O) groups is 1. The SMILES string of the molecule is C[C@H](NS(=O)(=O)c1ccc(OCC(=O)NC2CCCCC2)cc1)c1ccccc1. The van der Waals surface area contributed by atoms with E-state index in [0.717, 1.165) is 31.2 Å². The van der Waals surface area contributed by atoms with Gasteiger partial charge in [-0.1, -0.05) is 49.6 Å². The average Bonchev–Trinajstić information content (AvgIpc) is 2.73. The highest BCUT2D eigenvalue weighted by Gasteiger charge is 2.19. The van der Waals surface area contributed by atoms with Crippen LogP contribution < -0.4 is 14.8 Å². The zero-order chi connectivity index (χ0) is 20.7. The standard InChI is InChI=1S/C22H28N2O4S/c1-17(18-8-4-2-5-9-18)24-29(26,27)21-14-12-20(13-15-21)28-16-22(25)23-19-10-6-3-7-11-19/h2,4-5,8-9,12-15,17,19,24H,3,6-7,10-11,16H2,1H3,(H,23,25)/t17-/m0/s1. The van der Waals surface area contributed by atoms with Crippen LogP contribution in [0.1, 0.15) is 50.6 Å². The summed E-state index contributed by atoms with van der Waals surface area (Å²) < 4.78 is 33.4. The molecule has 0 saturated heterocycles. The van der Waals surface area contributed by atoms with Crippen LogP contribution in [0.25, 0.3) is 0 Å². The van der Waals surface area contributed by atoms with Crippen LogP contribution in [0.3, 0.4) is 0 Å². The van der Waals surface area contributed by atoms with Gasteiger partial charge >= 0.3 is 0 Å². The average molecular weight is 417 g/mol. The van der Waals surface area contributed by atoms with E-state index in [1.54, 1.807) is 19.1 Å². The van der Waals surface area contributed by atoms with Gasteiger partial charge in [-0.2, -0.15) is 0 Å². The Balaban J connectivity index is 1.52. The van der Waals surface area contributed by atoms with Crippen LogP contribution in [-0.2, 0) is 14.8 Å². The van der Waals surface area contributed by atoms with Crippen LogP contribution in [0.15, 0.2) is 59.5 Å². The van der Waals surface area contributed by atoms with E-state index in [1.165, 1.54) is 18.6 Å². The first-order chi connectivity index (χ1) is 13.9. The minimum atomic E-state index is -3.66. The zero-order valence-corrected chi connectivity index (χ0v) is 17.5. The minimum absolute atomic E-state index is 0.0775. The minimum Gasteiger partial charge on any atom is -0.484 e. The highest BCUT2D eigenvalue weighted by Crippen LogP contribution is 2.20. The molecule has 3 rings (SSSR count). The molecule has 7 heteroatoms. The van der Waals surface area contributed by atoms with Crippen LogP contribution in [0.5, 0.6) is 5.75 Å². The van der Waals surface area contributed by atoms with Gasteiger partial charge in [0, 0.05) is 12.1 Å². The monoisotopic (exact) mass is 416 g/mol. The van der Waals surface area contributed by atoms with E-state index in [9.17, 15) is 13.2 Å². The predicted octanol–water partition coefficient (Wildman–Crippen LogP) is 3.55. The smallest absolute Gasteiger partial charge is 0.258 e. The molecule has 1 aliphatic rings. The Hall–Kier alpha value is -2.38. The van der Waals surface area contributed by atoms with E-state index < -0.39 is 10.0 Å². The maximum Gasteiger partial charge on any atom is 0.258 e. The third kappa shape index (κ3) is 6.30. The number of carbonyl (C=O) groups excluding carboxylic acids is 1. The lowest BCUT2D eigenvalue weighted by Crippen LogP contribution is -2.38. The molecule has 1 saturated carbocycles. The fourth-order valence-electron chi connectivity index (χ4n) is 3.49. The second-order valence-corrected chi connectivity index (χ2v) is 9.13. The quantitative estimate of drug-likeness (QED) is 0.689. The van der Waals surface area contributed by atoms with E-state index in [1.807, 2.05) is 30.3 Å². The molecular weight excluding hydrogens is 388 g/mol. The lowest BCUT2D eigenvalue weighted by molar-refractivity contribution is -0.124. The molecule has 1 fully saturated rings. The number of nitrogens with one attached hydrogen (secondary N) is 2. The van der Waals surface area contributed by atoms with Gasteiger partial charge < -0.3 is 10.1 Å². The second kappa shape index (κ2) is 9.89. The molecule has 2 N–H and O–H groups in total. The molecule has 156 valence electrons. The number of rotatable bonds is 8. The Labute approximate surface area is 172 Å². The number of ether oxygens (including phenoxy) is 1. The molecule has 1 aliphatic carbocycles. The summed E-state index contributed by atoms with van der Waals surface area (Å²) in [4.78, 5) is 12.2. The fourth-order valence-corrected chi connectivity index (χ4v) is 4.72. The van der Waals surface area contributed by atoms with Gasteiger partial charge in [0.1, 0.15) is 5.75 Å². The highest BCUT2D eigenvalue weighted by atomic mass is 32.2. The molecule has 2 aromatic rings. The predicted molar refractivity (Wildman–Crippen MR) is 112 cm³/mol. The van der Waals surface area contributed by atoms with E-state index in [2.05, 4.69) is 10.0 Å². The van der Waals surface area contributed by atoms with Gasteiger partial charge in [-0.05, 0) is 49.6 Å². The maximum atomic E-state index is 12.6. The van der Waals surface area contributed by atoms with Crippen LogP contribution in [-0.4, -0.2) is 27.0 Å². The molecule has 1 amide bonds. The maximum absolute atomic E-state index is 12.6. The Bertz CT molecular complexity index is 892. The van der Waals surface area contributed by atoms with Crippen molar-refractivity contribution in [1.82, 2.24) is 10.0 Å². The van der Waals surface area contributed by atoms with Crippen molar-refractivity contribution in [2.75, 3.05) is 6.61 Å². The van der Waals surface area contributed by atoms with Crippen LogP contribution in [0.2, 0.25) is 0 Å². The topological polar surface area (TPSA) is 84.5 Å². The van der Waals surface area contributed by atoms with E-state index in [4.69, 9.17) is 4.74 Å². The van der Waals surface area contributed by atoms with Gasteiger partial charge in [-0.25, -0.2) is 13.1 Å². The normalized spacial score (nSPS) is 16.2. The first-order valence-electron chi connectivity index (χ1n) is 10.0. The van der Waals surface area contributed by atoms with Crippen molar-refractivity contribution in [2.45, 2.75) is 56.0 Å². The van der Waals surface area contributed by atoms with Gasteiger partial charge in [0.15, 0.2) is 6.61 Å². The van der Waals surface area contributed by atoms with Crippen LogP contribution in [0.4, 0.5) is 0 Å². The molecule has 29 heavy (non-hydrogen) atoms. The number of sulfonamides is 1. The van der Waals surface area contributed by atoms with Crippen molar-refractivity contribution in [2.24, 2.45) is 0 Å². The summed E-state index contributed by atoms with van der Waals surface area (Å²) in [5, 5.41) is 2.99. The number of hydrogen-bond acceptors (Lipinski definition) is 4. The van der Waals surface area contributed by atoms with E-state index in [0.29, 0.717) is 5.75 Å². The summed E-state index contributed by atoms with van der Waals surface area (Å²) in [6, 6.07) is 15.4. The molecular formula is C22H28N2O4S. The zero-order valence-electron chi connectivity index (χ0n) is 16.6. The van der Waals surface area contributed by atoms with Crippen LogP contribution >= 0.6 is 0 Å². The molecule has 0 bridgehead atoms.